The fourth-order valence-electron chi connectivity index (χ4n) is 0.828. The van der Waals surface area contributed by atoms with Crippen molar-refractivity contribution >= 4 is 22.0 Å². The molecular weight excluding hydrogens is 170 g/mol. The molecule has 12 heavy (non-hydrogen) atoms. The van der Waals surface area contributed by atoms with Crippen LogP contribution in [0.25, 0.3) is 0 Å². The Balaban J connectivity index is 2.70. The first-order valence-corrected chi connectivity index (χ1v) is 4.63. The highest BCUT2D eigenvalue weighted by Crippen LogP contribution is 2.27. The van der Waals surface area contributed by atoms with Crippen molar-refractivity contribution in [1.82, 2.24) is 0 Å². The van der Waals surface area contributed by atoms with E-state index >= 15 is 0 Å². The SMILES string of the molecule is CCCNc1cc(N)c(C#N)s1. The Kier molecular flexibility index (Phi) is 2.94. The zero-order valence-electron chi connectivity index (χ0n) is 6.92. The highest BCUT2D eigenvalue weighted by atomic mass is 32.1. The fraction of sp³-hybridized carbons (Fsp3) is 0.375. The van der Waals surface area contributed by atoms with Crippen molar-refractivity contribution in [2.75, 3.05) is 17.6 Å². The number of nitrogen functional groups attached to an aromatic ring is 1. The summed E-state index contributed by atoms with van der Waals surface area (Å²) in [4.78, 5) is 0.591. The minimum absolute atomic E-state index is 0.570. The van der Waals surface area contributed by atoms with Gasteiger partial charge in [-0.3, -0.25) is 0 Å². The molecule has 1 rings (SSSR count). The van der Waals surface area contributed by atoms with E-state index in [1.54, 1.807) is 6.07 Å². The zero-order chi connectivity index (χ0) is 8.97. The minimum Gasteiger partial charge on any atom is -0.397 e. The van der Waals surface area contributed by atoms with Crippen molar-refractivity contribution in [3.05, 3.63) is 10.9 Å². The molecule has 0 aliphatic carbocycles. The summed E-state index contributed by atoms with van der Waals surface area (Å²) < 4.78 is 0. The van der Waals surface area contributed by atoms with Crippen LogP contribution in [0.15, 0.2) is 6.07 Å². The van der Waals surface area contributed by atoms with Crippen LogP contribution in [0.2, 0.25) is 0 Å². The Morgan fingerprint density at radius 1 is 1.75 bits per heavy atom. The number of anilines is 2. The first kappa shape index (κ1) is 8.88. The average molecular weight is 181 g/mol. The number of nitrogens with two attached hydrogens (primary N) is 1. The molecule has 0 amide bonds. The predicted molar refractivity (Wildman–Crippen MR) is 52.2 cm³/mol. The molecule has 0 atom stereocenters. The van der Waals surface area contributed by atoms with Gasteiger partial charge >= 0.3 is 0 Å². The summed E-state index contributed by atoms with van der Waals surface area (Å²) in [5, 5.41) is 12.8. The lowest BCUT2D eigenvalue weighted by atomic mass is 10.4. The molecule has 4 heteroatoms. The Hall–Kier alpha value is -1.21. The van der Waals surface area contributed by atoms with Crippen molar-refractivity contribution in [3.63, 3.8) is 0 Å². The summed E-state index contributed by atoms with van der Waals surface area (Å²) in [6.45, 7) is 3.01. The summed E-state index contributed by atoms with van der Waals surface area (Å²) >= 11 is 1.40. The molecule has 0 radical (unpaired) electrons. The zero-order valence-corrected chi connectivity index (χ0v) is 7.74. The Morgan fingerprint density at radius 2 is 2.50 bits per heavy atom. The van der Waals surface area contributed by atoms with Gasteiger partial charge in [-0.25, -0.2) is 0 Å². The van der Waals surface area contributed by atoms with Crippen molar-refractivity contribution in [3.8, 4) is 6.07 Å². The van der Waals surface area contributed by atoms with Gasteiger partial charge in [0.1, 0.15) is 10.9 Å². The molecule has 0 aliphatic rings. The maximum absolute atomic E-state index is 8.61. The maximum Gasteiger partial charge on any atom is 0.129 e. The number of thiophene rings is 1. The van der Waals surface area contributed by atoms with Crippen molar-refractivity contribution in [1.29, 1.82) is 5.26 Å². The smallest absolute Gasteiger partial charge is 0.129 e. The Bertz CT molecular complexity index is 298. The molecule has 0 unspecified atom stereocenters. The van der Waals surface area contributed by atoms with Crippen molar-refractivity contribution in [2.45, 2.75) is 13.3 Å². The van der Waals surface area contributed by atoms with Crippen LogP contribution in [0.1, 0.15) is 18.2 Å². The van der Waals surface area contributed by atoms with Crippen LogP contribution >= 0.6 is 11.3 Å². The Morgan fingerprint density at radius 3 is 3.00 bits per heavy atom. The summed E-state index contributed by atoms with van der Waals surface area (Å²) in [5.74, 6) is 0. The summed E-state index contributed by atoms with van der Waals surface area (Å²) in [6.07, 6.45) is 1.07. The highest BCUT2D eigenvalue weighted by molar-refractivity contribution is 7.17. The molecule has 0 saturated carbocycles. The fourth-order valence-corrected chi connectivity index (χ4v) is 1.63. The van der Waals surface area contributed by atoms with E-state index in [0.29, 0.717) is 10.6 Å². The molecule has 0 aliphatic heterocycles. The lowest BCUT2D eigenvalue weighted by molar-refractivity contribution is 0.984. The van der Waals surface area contributed by atoms with E-state index in [-0.39, 0.29) is 0 Å². The van der Waals surface area contributed by atoms with Gasteiger partial charge in [-0.2, -0.15) is 5.26 Å². The van der Waals surface area contributed by atoms with Crippen LogP contribution in [0, 0.1) is 11.3 Å². The van der Waals surface area contributed by atoms with E-state index < -0.39 is 0 Å². The van der Waals surface area contributed by atoms with Gasteiger partial charge in [-0.05, 0) is 12.5 Å². The molecule has 0 aromatic carbocycles. The standard InChI is InChI=1S/C8H11N3S/c1-2-3-11-8-4-6(10)7(5-9)12-8/h4,11H,2-3,10H2,1H3. The molecule has 0 spiro atoms. The second kappa shape index (κ2) is 3.98. The number of nitrogens with zero attached hydrogens (tertiary/aromatic N) is 1. The third-order valence-corrected chi connectivity index (χ3v) is 2.42. The monoisotopic (exact) mass is 181 g/mol. The van der Waals surface area contributed by atoms with Gasteiger partial charge in [0.15, 0.2) is 0 Å². The molecule has 0 saturated heterocycles. The number of hydrogen-bond acceptors (Lipinski definition) is 4. The maximum atomic E-state index is 8.61. The Labute approximate surface area is 75.8 Å². The van der Waals surface area contributed by atoms with Crippen LogP contribution in [-0.4, -0.2) is 6.54 Å². The van der Waals surface area contributed by atoms with Gasteiger partial charge < -0.3 is 11.1 Å². The molecule has 1 heterocycles. The molecule has 64 valence electrons. The molecular formula is C8H11N3S. The second-order valence-electron chi connectivity index (χ2n) is 2.43. The normalized spacial score (nSPS) is 9.33. The molecule has 3 N–H and O–H groups in total. The quantitative estimate of drug-likeness (QED) is 0.750. The molecule has 0 bridgehead atoms. The molecule has 1 aromatic rings. The summed E-state index contributed by atoms with van der Waals surface area (Å²) in [5.41, 5.74) is 6.14. The van der Waals surface area contributed by atoms with Crippen molar-refractivity contribution < 1.29 is 0 Å². The van der Waals surface area contributed by atoms with E-state index in [4.69, 9.17) is 11.0 Å². The topological polar surface area (TPSA) is 61.8 Å². The second-order valence-corrected chi connectivity index (χ2v) is 3.49. The molecule has 3 nitrogen and oxygen atoms in total. The average Bonchev–Trinajstić information content (AvgIpc) is 2.43. The van der Waals surface area contributed by atoms with Gasteiger partial charge in [0.05, 0.1) is 10.7 Å². The summed E-state index contributed by atoms with van der Waals surface area (Å²) in [6, 6.07) is 3.85. The number of hydrogen-bond donors (Lipinski definition) is 2. The first-order chi connectivity index (χ1) is 5.77. The van der Waals surface area contributed by atoms with E-state index in [0.717, 1.165) is 18.0 Å². The predicted octanol–water partition coefficient (Wildman–Crippen LogP) is 2.02. The van der Waals surface area contributed by atoms with Crippen LogP contribution in [0.3, 0.4) is 0 Å². The van der Waals surface area contributed by atoms with E-state index in [1.165, 1.54) is 11.3 Å². The number of nitriles is 1. The van der Waals surface area contributed by atoms with E-state index in [2.05, 4.69) is 12.2 Å². The van der Waals surface area contributed by atoms with Gasteiger partial charge in [0.25, 0.3) is 0 Å². The largest absolute Gasteiger partial charge is 0.397 e. The van der Waals surface area contributed by atoms with Crippen LogP contribution in [0.4, 0.5) is 10.7 Å². The van der Waals surface area contributed by atoms with Crippen LogP contribution in [0.5, 0.6) is 0 Å². The van der Waals surface area contributed by atoms with Crippen molar-refractivity contribution in [2.24, 2.45) is 0 Å². The van der Waals surface area contributed by atoms with Gasteiger partial charge in [-0.15, -0.1) is 11.3 Å². The lowest BCUT2D eigenvalue weighted by Crippen LogP contribution is -1.96. The lowest BCUT2D eigenvalue weighted by Gasteiger charge is -1.97. The number of nitrogens with one attached hydrogen (secondary N) is 1. The number of rotatable bonds is 3. The minimum atomic E-state index is 0.570. The van der Waals surface area contributed by atoms with Gasteiger partial charge in [-0.1, -0.05) is 6.92 Å². The van der Waals surface area contributed by atoms with Gasteiger partial charge in [0, 0.05) is 6.54 Å². The molecule has 1 aromatic heterocycles. The van der Waals surface area contributed by atoms with Crippen LogP contribution < -0.4 is 11.1 Å². The summed E-state index contributed by atoms with van der Waals surface area (Å²) in [7, 11) is 0. The van der Waals surface area contributed by atoms with E-state index in [9.17, 15) is 0 Å². The van der Waals surface area contributed by atoms with Gasteiger partial charge in [0.2, 0.25) is 0 Å². The van der Waals surface area contributed by atoms with E-state index in [1.807, 2.05) is 6.07 Å². The molecule has 0 fully saturated rings. The first-order valence-electron chi connectivity index (χ1n) is 3.81. The van der Waals surface area contributed by atoms with Crippen LogP contribution in [-0.2, 0) is 0 Å². The third-order valence-electron chi connectivity index (χ3n) is 1.41. The third kappa shape index (κ3) is 1.89. The highest BCUT2D eigenvalue weighted by Gasteiger charge is 2.03.